The summed E-state index contributed by atoms with van der Waals surface area (Å²) >= 11 is 0. The van der Waals surface area contributed by atoms with Crippen LogP contribution in [0.4, 0.5) is 11.5 Å². The number of hydrogen-bond donors (Lipinski definition) is 3. The molecule has 1 aromatic heterocycles. The number of hydrazine groups is 1. The molecule has 0 atom stereocenters. The quantitative estimate of drug-likeness (QED) is 0.582. The third kappa shape index (κ3) is 3.38. The predicted molar refractivity (Wildman–Crippen MR) is 85.2 cm³/mol. The maximum absolute atomic E-state index is 12.4. The number of benzene rings is 1. The van der Waals surface area contributed by atoms with Crippen molar-refractivity contribution < 1.29 is 4.79 Å². The van der Waals surface area contributed by atoms with Crippen molar-refractivity contribution in [1.29, 1.82) is 0 Å². The minimum atomic E-state index is -0.162. The Hall–Kier alpha value is -2.40. The van der Waals surface area contributed by atoms with Gasteiger partial charge in [0.15, 0.2) is 0 Å². The lowest BCUT2D eigenvalue weighted by atomic mass is 10.0. The van der Waals surface area contributed by atoms with Gasteiger partial charge in [-0.15, -0.1) is 0 Å². The summed E-state index contributed by atoms with van der Waals surface area (Å²) in [5, 5.41) is 3.01. The van der Waals surface area contributed by atoms with Crippen molar-refractivity contribution in [2.75, 3.05) is 10.7 Å². The van der Waals surface area contributed by atoms with Gasteiger partial charge in [0, 0.05) is 17.4 Å². The molecule has 0 fully saturated rings. The fraction of sp³-hybridized carbons (Fsp3) is 0.250. The number of carbonyl (C=O) groups excluding carboxylic acids is 1. The van der Waals surface area contributed by atoms with Crippen molar-refractivity contribution in [3.8, 4) is 0 Å². The highest BCUT2D eigenvalue weighted by molar-refractivity contribution is 6.05. The summed E-state index contributed by atoms with van der Waals surface area (Å²) in [4.78, 5) is 16.4. The molecule has 2 aromatic rings. The second-order valence-electron chi connectivity index (χ2n) is 4.69. The van der Waals surface area contributed by atoms with Crippen molar-refractivity contribution in [3.05, 3.63) is 53.2 Å². The van der Waals surface area contributed by atoms with Gasteiger partial charge in [-0.05, 0) is 36.1 Å². The molecule has 1 heterocycles. The van der Waals surface area contributed by atoms with Crippen LogP contribution in [0.5, 0.6) is 0 Å². The van der Waals surface area contributed by atoms with E-state index in [4.69, 9.17) is 5.84 Å². The molecule has 0 unspecified atom stereocenters. The highest BCUT2D eigenvalue weighted by atomic mass is 16.1. The first kappa shape index (κ1) is 15.0. The highest BCUT2D eigenvalue weighted by Gasteiger charge is 2.12. The molecule has 2 rings (SSSR count). The molecule has 1 amide bonds. The Kier molecular flexibility index (Phi) is 4.90. The Morgan fingerprint density at radius 3 is 2.43 bits per heavy atom. The molecule has 0 spiro atoms. The smallest absolute Gasteiger partial charge is 0.255 e. The Labute approximate surface area is 124 Å². The fourth-order valence-corrected chi connectivity index (χ4v) is 2.24. The first-order chi connectivity index (χ1) is 10.2. The van der Waals surface area contributed by atoms with Crippen LogP contribution in [0.15, 0.2) is 36.5 Å². The summed E-state index contributed by atoms with van der Waals surface area (Å²) in [5.41, 5.74) is 6.13. The predicted octanol–water partition coefficient (Wildman–Crippen LogP) is 2.74. The van der Waals surface area contributed by atoms with Gasteiger partial charge in [-0.1, -0.05) is 32.0 Å². The third-order valence-electron chi connectivity index (χ3n) is 3.41. The van der Waals surface area contributed by atoms with Crippen molar-refractivity contribution in [2.45, 2.75) is 26.7 Å². The Morgan fingerprint density at radius 1 is 1.19 bits per heavy atom. The van der Waals surface area contributed by atoms with Gasteiger partial charge >= 0.3 is 0 Å². The Balaban J connectivity index is 2.30. The van der Waals surface area contributed by atoms with Crippen LogP contribution in [0.2, 0.25) is 0 Å². The molecule has 1 aromatic carbocycles. The van der Waals surface area contributed by atoms with Crippen molar-refractivity contribution in [1.82, 2.24) is 4.98 Å². The molecular weight excluding hydrogens is 264 g/mol. The average molecular weight is 284 g/mol. The van der Waals surface area contributed by atoms with Gasteiger partial charge in [0.2, 0.25) is 0 Å². The van der Waals surface area contributed by atoms with Gasteiger partial charge in [0.05, 0.1) is 0 Å². The van der Waals surface area contributed by atoms with E-state index < -0.39 is 0 Å². The lowest BCUT2D eigenvalue weighted by molar-refractivity contribution is 0.102. The van der Waals surface area contributed by atoms with E-state index in [1.165, 1.54) is 0 Å². The number of nitrogens with zero attached hydrogens (tertiary/aromatic N) is 1. The van der Waals surface area contributed by atoms with E-state index in [9.17, 15) is 4.79 Å². The zero-order valence-corrected chi connectivity index (χ0v) is 12.3. The molecular formula is C16H20N4O. The number of hydrogen-bond acceptors (Lipinski definition) is 4. The van der Waals surface area contributed by atoms with E-state index in [1.807, 2.05) is 18.2 Å². The summed E-state index contributed by atoms with van der Waals surface area (Å²) in [5.74, 6) is 5.62. The zero-order valence-electron chi connectivity index (χ0n) is 12.3. The van der Waals surface area contributed by atoms with Gasteiger partial charge in [-0.25, -0.2) is 10.8 Å². The monoisotopic (exact) mass is 284 g/mol. The molecule has 110 valence electrons. The molecule has 4 N–H and O–H groups in total. The van der Waals surface area contributed by atoms with Gasteiger partial charge in [0.1, 0.15) is 5.82 Å². The van der Waals surface area contributed by atoms with E-state index in [1.54, 1.807) is 18.3 Å². The number of anilines is 2. The van der Waals surface area contributed by atoms with Crippen LogP contribution in [-0.2, 0) is 12.8 Å². The topological polar surface area (TPSA) is 80.0 Å². The summed E-state index contributed by atoms with van der Waals surface area (Å²) in [6, 6.07) is 9.38. The van der Waals surface area contributed by atoms with Crippen LogP contribution in [0.25, 0.3) is 0 Å². The Morgan fingerprint density at radius 2 is 1.86 bits per heavy atom. The zero-order chi connectivity index (χ0) is 15.2. The second-order valence-corrected chi connectivity index (χ2v) is 4.69. The van der Waals surface area contributed by atoms with E-state index >= 15 is 0 Å². The van der Waals surface area contributed by atoms with Crippen LogP contribution in [0, 0.1) is 0 Å². The number of nitrogens with one attached hydrogen (secondary N) is 2. The molecule has 5 nitrogen and oxygen atoms in total. The number of rotatable bonds is 5. The minimum absolute atomic E-state index is 0.162. The third-order valence-corrected chi connectivity index (χ3v) is 3.41. The molecule has 0 aliphatic rings. The second kappa shape index (κ2) is 6.85. The van der Waals surface area contributed by atoms with E-state index in [2.05, 4.69) is 29.6 Å². The number of pyridine rings is 1. The summed E-state index contributed by atoms with van der Waals surface area (Å²) in [7, 11) is 0. The van der Waals surface area contributed by atoms with Crippen molar-refractivity contribution >= 4 is 17.4 Å². The largest absolute Gasteiger partial charge is 0.321 e. The number of para-hydroxylation sites is 1. The van der Waals surface area contributed by atoms with Crippen LogP contribution >= 0.6 is 0 Å². The number of aryl methyl sites for hydroxylation is 2. The number of aromatic nitrogens is 1. The van der Waals surface area contributed by atoms with Crippen molar-refractivity contribution in [2.24, 2.45) is 5.84 Å². The number of nitrogens with two attached hydrogens (primary N) is 1. The van der Waals surface area contributed by atoms with E-state index in [0.717, 1.165) is 29.7 Å². The molecule has 0 radical (unpaired) electrons. The molecule has 0 aliphatic carbocycles. The first-order valence-electron chi connectivity index (χ1n) is 7.04. The minimum Gasteiger partial charge on any atom is -0.321 e. The fourth-order valence-electron chi connectivity index (χ4n) is 2.24. The van der Waals surface area contributed by atoms with Crippen LogP contribution in [0.3, 0.4) is 0 Å². The van der Waals surface area contributed by atoms with Gasteiger partial charge in [-0.2, -0.15) is 0 Å². The summed E-state index contributed by atoms with van der Waals surface area (Å²) in [6.45, 7) is 4.15. The van der Waals surface area contributed by atoms with Gasteiger partial charge in [0.25, 0.3) is 5.91 Å². The normalized spacial score (nSPS) is 10.2. The molecule has 0 saturated carbocycles. The average Bonchev–Trinajstić information content (AvgIpc) is 2.54. The maximum Gasteiger partial charge on any atom is 0.255 e. The molecule has 0 saturated heterocycles. The van der Waals surface area contributed by atoms with Crippen LogP contribution < -0.4 is 16.6 Å². The van der Waals surface area contributed by atoms with Crippen molar-refractivity contribution in [3.63, 3.8) is 0 Å². The first-order valence-corrected chi connectivity index (χ1v) is 7.04. The van der Waals surface area contributed by atoms with Crippen LogP contribution in [0.1, 0.15) is 35.3 Å². The standard InChI is InChI=1S/C16H20N4O/c1-3-11-6-5-7-12(4-2)15(11)19-16(21)13-8-9-18-14(10-13)20-17/h5-10H,3-4,17H2,1-2H3,(H,18,20)(H,19,21). The van der Waals surface area contributed by atoms with E-state index in [-0.39, 0.29) is 5.91 Å². The maximum atomic E-state index is 12.4. The van der Waals surface area contributed by atoms with Gasteiger partial charge < -0.3 is 10.7 Å². The lowest BCUT2D eigenvalue weighted by Crippen LogP contribution is -2.16. The number of amides is 1. The van der Waals surface area contributed by atoms with Gasteiger partial charge in [-0.3, -0.25) is 4.79 Å². The molecule has 0 bridgehead atoms. The molecule has 0 aliphatic heterocycles. The highest BCUT2D eigenvalue weighted by Crippen LogP contribution is 2.23. The van der Waals surface area contributed by atoms with E-state index in [0.29, 0.717) is 11.4 Å². The molecule has 5 heteroatoms. The Bertz CT molecular complexity index is 618. The summed E-state index contributed by atoms with van der Waals surface area (Å²) < 4.78 is 0. The molecule has 21 heavy (non-hydrogen) atoms. The summed E-state index contributed by atoms with van der Waals surface area (Å²) in [6.07, 6.45) is 3.29. The number of carbonyl (C=O) groups is 1. The SMILES string of the molecule is CCc1cccc(CC)c1NC(=O)c1ccnc(NN)c1. The van der Waals surface area contributed by atoms with Crippen LogP contribution in [-0.4, -0.2) is 10.9 Å². The number of nitrogen functional groups attached to an aromatic ring is 1. The lowest BCUT2D eigenvalue weighted by Gasteiger charge is -2.14.